The van der Waals surface area contributed by atoms with Gasteiger partial charge in [0.05, 0.1) is 13.2 Å². The van der Waals surface area contributed by atoms with Crippen LogP contribution in [-0.4, -0.2) is 46.4 Å². The lowest BCUT2D eigenvalue weighted by Gasteiger charge is -2.30. The molecule has 0 amide bonds. The molecule has 0 fully saturated rings. The SMILES string of the molecule is CN=C(NCCCc1cccc(OC)c1)NCC(OC)C(C)(C)C.I. The first-order valence-corrected chi connectivity index (χ1v) is 8.51. The predicted octanol–water partition coefficient (Wildman–Crippen LogP) is 3.47. The van der Waals surface area contributed by atoms with E-state index in [2.05, 4.69) is 48.5 Å². The lowest BCUT2D eigenvalue weighted by atomic mass is 9.89. The molecule has 2 N–H and O–H groups in total. The van der Waals surface area contributed by atoms with Crippen molar-refractivity contribution in [2.24, 2.45) is 10.4 Å². The molecule has 0 aromatic heterocycles. The number of methoxy groups -OCH3 is 2. The van der Waals surface area contributed by atoms with E-state index >= 15 is 0 Å². The average Bonchev–Trinajstić information content (AvgIpc) is 2.56. The first-order chi connectivity index (χ1) is 11.4. The Hall–Kier alpha value is -1.02. The van der Waals surface area contributed by atoms with Crippen LogP contribution in [0.4, 0.5) is 0 Å². The van der Waals surface area contributed by atoms with Crippen molar-refractivity contribution in [3.8, 4) is 5.75 Å². The molecule has 0 heterocycles. The molecule has 1 aromatic rings. The summed E-state index contributed by atoms with van der Waals surface area (Å²) in [6.07, 6.45) is 2.16. The molecule has 0 spiro atoms. The Bertz CT molecular complexity index is 516. The molecule has 5 nitrogen and oxygen atoms in total. The first-order valence-electron chi connectivity index (χ1n) is 8.51. The number of hydrogen-bond acceptors (Lipinski definition) is 3. The Labute approximate surface area is 170 Å². The highest BCUT2D eigenvalue weighted by Crippen LogP contribution is 2.20. The summed E-state index contributed by atoms with van der Waals surface area (Å²) in [5.74, 6) is 1.72. The molecule has 0 saturated carbocycles. The van der Waals surface area contributed by atoms with E-state index < -0.39 is 0 Å². The molecule has 1 rings (SSSR count). The third-order valence-corrected chi connectivity index (χ3v) is 4.00. The van der Waals surface area contributed by atoms with E-state index in [-0.39, 0.29) is 35.5 Å². The fraction of sp³-hybridized carbons (Fsp3) is 0.632. The van der Waals surface area contributed by atoms with Crippen molar-refractivity contribution in [1.82, 2.24) is 10.6 Å². The standard InChI is InChI=1S/C19H33N3O2.HI/c1-19(2,3)17(24-6)14-22-18(20-4)21-12-8-10-15-9-7-11-16(13-15)23-5;/h7,9,11,13,17H,8,10,12,14H2,1-6H3,(H2,20,21,22);1H. The van der Waals surface area contributed by atoms with Crippen LogP contribution in [0.2, 0.25) is 0 Å². The van der Waals surface area contributed by atoms with Gasteiger partial charge in [-0.2, -0.15) is 0 Å². The number of ether oxygens (including phenoxy) is 2. The molecule has 0 saturated heterocycles. The van der Waals surface area contributed by atoms with Gasteiger partial charge in [-0.25, -0.2) is 0 Å². The fourth-order valence-corrected chi connectivity index (χ4v) is 2.48. The summed E-state index contributed by atoms with van der Waals surface area (Å²) < 4.78 is 10.8. The minimum absolute atomic E-state index is 0. The number of nitrogens with zero attached hydrogens (tertiary/aromatic N) is 1. The summed E-state index contributed by atoms with van der Waals surface area (Å²) in [5.41, 5.74) is 1.37. The molecule has 144 valence electrons. The third kappa shape index (κ3) is 9.30. The summed E-state index contributed by atoms with van der Waals surface area (Å²) in [6, 6.07) is 8.20. The largest absolute Gasteiger partial charge is 0.497 e. The normalized spacial score (nSPS) is 13.0. The average molecular weight is 463 g/mol. The van der Waals surface area contributed by atoms with Crippen LogP contribution in [0.25, 0.3) is 0 Å². The van der Waals surface area contributed by atoms with Crippen LogP contribution in [0.3, 0.4) is 0 Å². The van der Waals surface area contributed by atoms with Crippen LogP contribution in [0.1, 0.15) is 32.8 Å². The number of nitrogens with one attached hydrogen (secondary N) is 2. The van der Waals surface area contributed by atoms with Gasteiger partial charge in [-0.3, -0.25) is 4.99 Å². The smallest absolute Gasteiger partial charge is 0.191 e. The van der Waals surface area contributed by atoms with Gasteiger partial charge < -0.3 is 20.1 Å². The first kappa shape index (κ1) is 24.0. The van der Waals surface area contributed by atoms with Crippen LogP contribution in [0.5, 0.6) is 5.75 Å². The van der Waals surface area contributed by atoms with Gasteiger partial charge in [-0.05, 0) is 36.0 Å². The highest BCUT2D eigenvalue weighted by molar-refractivity contribution is 14.0. The molecular formula is C19H34IN3O2. The van der Waals surface area contributed by atoms with E-state index in [1.165, 1.54) is 5.56 Å². The minimum Gasteiger partial charge on any atom is -0.497 e. The number of rotatable bonds is 8. The van der Waals surface area contributed by atoms with E-state index in [9.17, 15) is 0 Å². The number of aliphatic imine (C=N–C) groups is 1. The second-order valence-corrected chi connectivity index (χ2v) is 6.93. The molecule has 1 unspecified atom stereocenters. The second-order valence-electron chi connectivity index (χ2n) is 6.93. The molecule has 0 bridgehead atoms. The molecule has 0 radical (unpaired) electrons. The van der Waals surface area contributed by atoms with E-state index in [0.29, 0.717) is 0 Å². The maximum absolute atomic E-state index is 5.56. The second kappa shape index (κ2) is 12.4. The van der Waals surface area contributed by atoms with Gasteiger partial charge in [0.2, 0.25) is 0 Å². The number of halogens is 1. The Morgan fingerprint density at radius 2 is 1.92 bits per heavy atom. The van der Waals surface area contributed by atoms with Gasteiger partial charge in [0, 0.05) is 27.2 Å². The van der Waals surface area contributed by atoms with Crippen molar-refractivity contribution in [3.63, 3.8) is 0 Å². The number of guanidine groups is 1. The van der Waals surface area contributed by atoms with Crippen molar-refractivity contribution >= 4 is 29.9 Å². The van der Waals surface area contributed by atoms with Crippen LogP contribution < -0.4 is 15.4 Å². The summed E-state index contributed by atoms with van der Waals surface area (Å²) >= 11 is 0. The quantitative estimate of drug-likeness (QED) is 0.268. The molecular weight excluding hydrogens is 429 g/mol. The van der Waals surface area contributed by atoms with Gasteiger partial charge >= 0.3 is 0 Å². The topological polar surface area (TPSA) is 54.9 Å². The summed E-state index contributed by atoms with van der Waals surface area (Å²) in [5, 5.41) is 6.69. The molecule has 0 aliphatic heterocycles. The maximum Gasteiger partial charge on any atom is 0.191 e. The molecule has 0 aliphatic rings. The highest BCUT2D eigenvalue weighted by Gasteiger charge is 2.24. The van der Waals surface area contributed by atoms with Crippen LogP contribution >= 0.6 is 24.0 Å². The summed E-state index contributed by atoms with van der Waals surface area (Å²) in [7, 11) is 5.24. The van der Waals surface area contributed by atoms with Gasteiger partial charge in [0.15, 0.2) is 5.96 Å². The summed E-state index contributed by atoms with van der Waals surface area (Å²) in [4.78, 5) is 4.27. The molecule has 25 heavy (non-hydrogen) atoms. The summed E-state index contributed by atoms with van der Waals surface area (Å²) in [6.45, 7) is 8.12. The van der Waals surface area contributed by atoms with Crippen molar-refractivity contribution in [1.29, 1.82) is 0 Å². The van der Waals surface area contributed by atoms with Crippen molar-refractivity contribution in [2.75, 3.05) is 34.4 Å². The minimum atomic E-state index is 0. The number of hydrogen-bond donors (Lipinski definition) is 2. The van der Waals surface area contributed by atoms with Gasteiger partial charge in [-0.1, -0.05) is 32.9 Å². The Kier molecular flexibility index (Phi) is 11.8. The monoisotopic (exact) mass is 463 g/mol. The molecule has 1 atom stereocenters. The Morgan fingerprint density at radius 3 is 2.48 bits per heavy atom. The fourth-order valence-electron chi connectivity index (χ4n) is 2.48. The van der Waals surface area contributed by atoms with E-state index in [1.807, 2.05) is 12.1 Å². The zero-order valence-electron chi connectivity index (χ0n) is 16.4. The maximum atomic E-state index is 5.56. The van der Waals surface area contributed by atoms with Crippen LogP contribution in [0.15, 0.2) is 29.3 Å². The molecule has 1 aromatic carbocycles. The van der Waals surface area contributed by atoms with Crippen LogP contribution in [0, 0.1) is 5.41 Å². The van der Waals surface area contributed by atoms with Crippen molar-refractivity contribution in [3.05, 3.63) is 29.8 Å². The van der Waals surface area contributed by atoms with Gasteiger partial charge in [0.1, 0.15) is 5.75 Å². The van der Waals surface area contributed by atoms with E-state index in [0.717, 1.165) is 37.6 Å². The van der Waals surface area contributed by atoms with E-state index in [4.69, 9.17) is 9.47 Å². The number of aryl methyl sites for hydroxylation is 1. The van der Waals surface area contributed by atoms with E-state index in [1.54, 1.807) is 21.3 Å². The zero-order valence-corrected chi connectivity index (χ0v) is 18.7. The lowest BCUT2D eigenvalue weighted by molar-refractivity contribution is 0.0205. The highest BCUT2D eigenvalue weighted by atomic mass is 127. The Balaban J connectivity index is 0.00000576. The van der Waals surface area contributed by atoms with Crippen molar-refractivity contribution in [2.45, 2.75) is 39.7 Å². The van der Waals surface area contributed by atoms with Gasteiger partial charge in [0.25, 0.3) is 0 Å². The van der Waals surface area contributed by atoms with Crippen molar-refractivity contribution < 1.29 is 9.47 Å². The zero-order chi connectivity index (χ0) is 18.0. The van der Waals surface area contributed by atoms with Crippen LogP contribution in [-0.2, 0) is 11.2 Å². The Morgan fingerprint density at radius 1 is 1.20 bits per heavy atom. The third-order valence-electron chi connectivity index (χ3n) is 4.00. The van der Waals surface area contributed by atoms with Gasteiger partial charge in [-0.15, -0.1) is 24.0 Å². The predicted molar refractivity (Wildman–Crippen MR) is 116 cm³/mol. The number of benzene rings is 1. The molecule has 0 aliphatic carbocycles. The lowest BCUT2D eigenvalue weighted by Crippen LogP contribution is -2.45. The molecule has 6 heteroatoms.